The fraction of sp³-hybridized carbons (Fsp3) is 0.417. The van der Waals surface area contributed by atoms with E-state index in [0.717, 1.165) is 23.1 Å². The van der Waals surface area contributed by atoms with Crippen LogP contribution in [0.5, 0.6) is 0 Å². The second-order valence-electron chi connectivity index (χ2n) is 3.64. The summed E-state index contributed by atoms with van der Waals surface area (Å²) in [6.45, 7) is 3.29. The molecule has 0 amide bonds. The highest BCUT2D eigenvalue weighted by Crippen LogP contribution is 2.19. The van der Waals surface area contributed by atoms with Crippen molar-refractivity contribution < 1.29 is 9.15 Å². The van der Waals surface area contributed by atoms with Crippen LogP contribution in [-0.2, 0) is 24.3 Å². The van der Waals surface area contributed by atoms with Crippen LogP contribution in [0.2, 0.25) is 0 Å². The van der Waals surface area contributed by atoms with Gasteiger partial charge in [0, 0.05) is 18.2 Å². The van der Waals surface area contributed by atoms with Gasteiger partial charge in [-0.3, -0.25) is 0 Å². The van der Waals surface area contributed by atoms with E-state index in [-0.39, 0.29) is 0 Å². The summed E-state index contributed by atoms with van der Waals surface area (Å²) in [4.78, 5) is 5.57. The van der Waals surface area contributed by atoms with Crippen LogP contribution < -0.4 is 5.32 Å². The summed E-state index contributed by atoms with van der Waals surface area (Å²) in [5.41, 5.74) is 0. The van der Waals surface area contributed by atoms with Crippen LogP contribution in [0.1, 0.15) is 23.3 Å². The smallest absolute Gasteiger partial charge is 0.183 e. The molecule has 0 unspecified atom stereocenters. The Hall–Kier alpha value is -1.33. The lowest BCUT2D eigenvalue weighted by molar-refractivity contribution is 0.163. The minimum Gasteiger partial charge on any atom is -0.462 e. The van der Waals surface area contributed by atoms with Gasteiger partial charge in [-0.25, -0.2) is 4.98 Å². The quantitative estimate of drug-likeness (QED) is 0.858. The van der Waals surface area contributed by atoms with Crippen molar-refractivity contribution >= 4 is 16.5 Å². The molecule has 0 spiro atoms. The highest BCUT2D eigenvalue weighted by molar-refractivity contribution is 7.15. The lowest BCUT2D eigenvalue weighted by Gasteiger charge is -1.99. The molecule has 5 heteroatoms. The zero-order valence-electron chi connectivity index (χ0n) is 10.0. The number of hydrogen-bond acceptors (Lipinski definition) is 5. The Morgan fingerprint density at radius 3 is 2.94 bits per heavy atom. The second kappa shape index (κ2) is 5.84. The van der Waals surface area contributed by atoms with E-state index in [1.54, 1.807) is 18.4 Å². The second-order valence-corrected chi connectivity index (χ2v) is 4.76. The van der Waals surface area contributed by atoms with Gasteiger partial charge in [-0.05, 0) is 18.6 Å². The van der Waals surface area contributed by atoms with Gasteiger partial charge in [0.15, 0.2) is 5.13 Å². The Bertz CT molecular complexity index is 465. The standard InChI is InChI=1S/C12H16N2O2S/c1-3-11-7-14-12(17-11)13-6-9-4-5-10(16-9)8-15-2/h4-5,7H,3,6,8H2,1-2H3,(H,13,14). The van der Waals surface area contributed by atoms with Gasteiger partial charge in [0.1, 0.15) is 18.1 Å². The van der Waals surface area contributed by atoms with E-state index < -0.39 is 0 Å². The first-order chi connectivity index (χ1) is 8.31. The summed E-state index contributed by atoms with van der Waals surface area (Å²) in [7, 11) is 1.66. The number of ether oxygens (including phenoxy) is 1. The molecule has 0 aliphatic heterocycles. The van der Waals surface area contributed by atoms with Crippen LogP contribution in [0.4, 0.5) is 5.13 Å². The number of aromatic nitrogens is 1. The van der Waals surface area contributed by atoms with E-state index in [1.807, 2.05) is 18.3 Å². The summed E-state index contributed by atoms with van der Waals surface area (Å²) in [5.74, 6) is 1.74. The highest BCUT2D eigenvalue weighted by Gasteiger charge is 2.03. The maximum Gasteiger partial charge on any atom is 0.183 e. The number of anilines is 1. The molecule has 1 N–H and O–H groups in total. The molecule has 0 bridgehead atoms. The molecule has 0 aliphatic rings. The number of nitrogens with zero attached hydrogens (tertiary/aromatic N) is 1. The van der Waals surface area contributed by atoms with Crippen molar-refractivity contribution in [2.45, 2.75) is 26.5 Å². The number of rotatable bonds is 6. The van der Waals surface area contributed by atoms with Crippen molar-refractivity contribution in [2.24, 2.45) is 0 Å². The maximum absolute atomic E-state index is 5.57. The van der Waals surface area contributed by atoms with Gasteiger partial charge < -0.3 is 14.5 Å². The number of nitrogens with one attached hydrogen (secondary N) is 1. The lowest BCUT2D eigenvalue weighted by atomic mass is 10.4. The molecular weight excluding hydrogens is 236 g/mol. The van der Waals surface area contributed by atoms with Crippen LogP contribution in [0.25, 0.3) is 0 Å². The molecule has 0 saturated carbocycles. The SMILES string of the molecule is CCc1cnc(NCc2ccc(COC)o2)s1. The minimum absolute atomic E-state index is 0.511. The predicted molar refractivity (Wildman–Crippen MR) is 68.2 cm³/mol. The van der Waals surface area contributed by atoms with Crippen LogP contribution in [0.15, 0.2) is 22.7 Å². The number of hydrogen-bond donors (Lipinski definition) is 1. The fourth-order valence-corrected chi connectivity index (χ4v) is 2.20. The van der Waals surface area contributed by atoms with Gasteiger partial charge in [0.2, 0.25) is 0 Å². The molecule has 17 heavy (non-hydrogen) atoms. The first-order valence-electron chi connectivity index (χ1n) is 5.57. The van der Waals surface area contributed by atoms with Gasteiger partial charge in [-0.1, -0.05) is 6.92 Å². The van der Waals surface area contributed by atoms with E-state index in [2.05, 4.69) is 17.2 Å². The molecule has 0 radical (unpaired) electrons. The number of aryl methyl sites for hydroxylation is 1. The van der Waals surface area contributed by atoms with Gasteiger partial charge in [-0.15, -0.1) is 11.3 Å². The molecule has 2 aromatic heterocycles. The van der Waals surface area contributed by atoms with Crippen molar-refractivity contribution in [3.05, 3.63) is 34.7 Å². The normalized spacial score (nSPS) is 10.7. The minimum atomic E-state index is 0.511. The molecule has 0 aliphatic carbocycles. The van der Waals surface area contributed by atoms with Crippen LogP contribution in [0, 0.1) is 0 Å². The third-order valence-electron chi connectivity index (χ3n) is 2.32. The molecule has 4 nitrogen and oxygen atoms in total. The maximum atomic E-state index is 5.57. The fourth-order valence-electron chi connectivity index (χ4n) is 1.45. The van der Waals surface area contributed by atoms with E-state index >= 15 is 0 Å². The predicted octanol–water partition coefficient (Wildman–Crippen LogP) is 3.06. The monoisotopic (exact) mass is 252 g/mol. The Morgan fingerprint density at radius 1 is 1.41 bits per heavy atom. The van der Waals surface area contributed by atoms with E-state index in [0.29, 0.717) is 13.2 Å². The summed E-state index contributed by atoms with van der Waals surface area (Å²) in [5, 5.41) is 4.18. The third-order valence-corrected chi connectivity index (χ3v) is 3.42. The van der Waals surface area contributed by atoms with Crippen molar-refractivity contribution in [1.82, 2.24) is 4.98 Å². The van der Waals surface area contributed by atoms with Gasteiger partial charge in [-0.2, -0.15) is 0 Å². The first-order valence-corrected chi connectivity index (χ1v) is 6.38. The zero-order chi connectivity index (χ0) is 12.1. The molecular formula is C12H16N2O2S. The Labute approximate surface area is 105 Å². The summed E-state index contributed by atoms with van der Waals surface area (Å²) >= 11 is 1.68. The average Bonchev–Trinajstić information content (AvgIpc) is 2.95. The molecule has 0 fully saturated rings. The number of methoxy groups -OCH3 is 1. The molecule has 92 valence electrons. The van der Waals surface area contributed by atoms with Crippen LogP contribution in [-0.4, -0.2) is 12.1 Å². The number of thiazole rings is 1. The average molecular weight is 252 g/mol. The Kier molecular flexibility index (Phi) is 4.17. The Balaban J connectivity index is 1.88. The molecule has 0 aromatic carbocycles. The van der Waals surface area contributed by atoms with Crippen molar-refractivity contribution in [3.63, 3.8) is 0 Å². The van der Waals surface area contributed by atoms with Gasteiger partial charge >= 0.3 is 0 Å². The first kappa shape index (κ1) is 12.1. The van der Waals surface area contributed by atoms with E-state index in [4.69, 9.17) is 9.15 Å². The Morgan fingerprint density at radius 2 is 2.24 bits per heavy atom. The van der Waals surface area contributed by atoms with E-state index in [1.165, 1.54) is 4.88 Å². The lowest BCUT2D eigenvalue weighted by Crippen LogP contribution is -1.96. The molecule has 2 aromatic rings. The van der Waals surface area contributed by atoms with Crippen molar-refractivity contribution in [2.75, 3.05) is 12.4 Å². The van der Waals surface area contributed by atoms with Crippen LogP contribution in [0.3, 0.4) is 0 Å². The third kappa shape index (κ3) is 3.31. The zero-order valence-corrected chi connectivity index (χ0v) is 10.8. The highest BCUT2D eigenvalue weighted by atomic mass is 32.1. The topological polar surface area (TPSA) is 47.3 Å². The summed E-state index contributed by atoms with van der Waals surface area (Å²) in [6, 6.07) is 3.88. The molecule has 0 saturated heterocycles. The number of furan rings is 1. The van der Waals surface area contributed by atoms with Crippen molar-refractivity contribution in [1.29, 1.82) is 0 Å². The molecule has 0 atom stereocenters. The molecule has 2 heterocycles. The van der Waals surface area contributed by atoms with Crippen molar-refractivity contribution in [3.8, 4) is 0 Å². The largest absolute Gasteiger partial charge is 0.462 e. The molecule has 2 rings (SSSR count). The summed E-state index contributed by atoms with van der Waals surface area (Å²) in [6.07, 6.45) is 2.93. The van der Waals surface area contributed by atoms with Crippen LogP contribution >= 0.6 is 11.3 Å². The van der Waals surface area contributed by atoms with Gasteiger partial charge in [0.25, 0.3) is 0 Å². The van der Waals surface area contributed by atoms with E-state index in [9.17, 15) is 0 Å². The van der Waals surface area contributed by atoms with Gasteiger partial charge in [0.05, 0.1) is 6.54 Å². The summed E-state index contributed by atoms with van der Waals surface area (Å²) < 4.78 is 10.6.